The predicted octanol–water partition coefficient (Wildman–Crippen LogP) is 2.83. The van der Waals surface area contributed by atoms with Crippen molar-refractivity contribution in [3.8, 4) is 5.75 Å². The Balaban J connectivity index is 1.99. The summed E-state index contributed by atoms with van der Waals surface area (Å²) in [5.74, 6) is 0.673. The second-order valence-corrected chi connectivity index (χ2v) is 4.51. The number of nitrogens with two attached hydrogens (primary N) is 1. The minimum atomic E-state index is 0.417. The Kier molecular flexibility index (Phi) is 3.77. The van der Waals surface area contributed by atoms with Crippen LogP contribution in [0.5, 0.6) is 5.75 Å². The fourth-order valence-electron chi connectivity index (χ4n) is 1.22. The molecule has 0 spiro atoms. The molecule has 0 fully saturated rings. The number of nitrogens with zero attached hydrogens (tertiary/aromatic N) is 1. The van der Waals surface area contributed by atoms with Gasteiger partial charge in [-0.3, -0.25) is 0 Å². The van der Waals surface area contributed by atoms with Crippen molar-refractivity contribution in [2.45, 2.75) is 13.2 Å². The zero-order valence-electron chi connectivity index (χ0n) is 8.52. The third-order valence-corrected chi connectivity index (χ3v) is 3.22. The third kappa shape index (κ3) is 2.72. The number of halogens is 1. The van der Waals surface area contributed by atoms with Crippen molar-refractivity contribution in [2.24, 2.45) is 5.73 Å². The Labute approximate surface area is 103 Å². The summed E-state index contributed by atoms with van der Waals surface area (Å²) in [5, 5.41) is 3.47. The molecule has 0 saturated heterocycles. The van der Waals surface area contributed by atoms with E-state index < -0.39 is 0 Å². The predicted molar refractivity (Wildman–Crippen MR) is 65.8 cm³/mol. The van der Waals surface area contributed by atoms with E-state index in [0.717, 1.165) is 10.7 Å². The first-order chi connectivity index (χ1) is 7.79. The highest BCUT2D eigenvalue weighted by Crippen LogP contribution is 2.24. The molecule has 5 heteroatoms. The number of hydrogen-bond acceptors (Lipinski definition) is 4. The lowest BCUT2D eigenvalue weighted by molar-refractivity contribution is 0.302. The third-order valence-electron chi connectivity index (χ3n) is 1.99. The second-order valence-electron chi connectivity index (χ2n) is 3.16. The molecule has 1 aromatic carbocycles. The highest BCUT2D eigenvalue weighted by atomic mass is 35.5. The van der Waals surface area contributed by atoms with Crippen LogP contribution in [0.15, 0.2) is 29.6 Å². The number of hydrogen-bond donors (Lipinski definition) is 1. The summed E-state index contributed by atoms with van der Waals surface area (Å²) < 4.78 is 5.55. The van der Waals surface area contributed by atoms with Crippen LogP contribution >= 0.6 is 22.9 Å². The van der Waals surface area contributed by atoms with Gasteiger partial charge in [0.25, 0.3) is 0 Å². The molecule has 0 atom stereocenters. The normalized spacial score (nSPS) is 10.4. The van der Waals surface area contributed by atoms with Gasteiger partial charge in [0, 0.05) is 11.9 Å². The topological polar surface area (TPSA) is 48.1 Å². The van der Waals surface area contributed by atoms with E-state index in [9.17, 15) is 0 Å². The van der Waals surface area contributed by atoms with Crippen molar-refractivity contribution in [1.29, 1.82) is 0 Å². The monoisotopic (exact) mass is 254 g/mol. The maximum atomic E-state index is 5.96. The SMILES string of the molecule is NCc1nc(COc2ccccc2Cl)cs1. The van der Waals surface area contributed by atoms with E-state index in [0.29, 0.717) is 23.9 Å². The summed E-state index contributed by atoms with van der Waals surface area (Å²) in [6.07, 6.45) is 0. The van der Waals surface area contributed by atoms with Gasteiger partial charge < -0.3 is 10.5 Å². The maximum Gasteiger partial charge on any atom is 0.138 e. The molecule has 0 radical (unpaired) electrons. The molecule has 2 aromatic rings. The van der Waals surface area contributed by atoms with Crippen LogP contribution in [0.4, 0.5) is 0 Å². The van der Waals surface area contributed by atoms with Crippen molar-refractivity contribution < 1.29 is 4.74 Å². The average molecular weight is 255 g/mol. The summed E-state index contributed by atoms with van der Waals surface area (Å²) in [5.41, 5.74) is 6.36. The number of para-hydroxylation sites is 1. The van der Waals surface area contributed by atoms with Gasteiger partial charge in [0.1, 0.15) is 17.4 Å². The fourth-order valence-corrected chi connectivity index (χ4v) is 2.07. The minimum Gasteiger partial charge on any atom is -0.486 e. The summed E-state index contributed by atoms with van der Waals surface area (Å²) in [4.78, 5) is 4.30. The van der Waals surface area contributed by atoms with Gasteiger partial charge in [-0.05, 0) is 12.1 Å². The minimum absolute atomic E-state index is 0.417. The van der Waals surface area contributed by atoms with Gasteiger partial charge in [-0.15, -0.1) is 11.3 Å². The number of aromatic nitrogens is 1. The Bertz CT molecular complexity index is 473. The Morgan fingerprint density at radius 1 is 1.38 bits per heavy atom. The molecule has 84 valence electrons. The summed E-state index contributed by atoms with van der Waals surface area (Å²) in [7, 11) is 0. The number of thiazole rings is 1. The van der Waals surface area contributed by atoms with Gasteiger partial charge in [-0.25, -0.2) is 4.98 Å². The van der Waals surface area contributed by atoms with Crippen molar-refractivity contribution in [1.82, 2.24) is 4.98 Å². The first-order valence-corrected chi connectivity index (χ1v) is 6.06. The van der Waals surface area contributed by atoms with Crippen LogP contribution in [0.3, 0.4) is 0 Å². The van der Waals surface area contributed by atoms with Crippen LogP contribution in [-0.2, 0) is 13.2 Å². The van der Waals surface area contributed by atoms with Crippen molar-refractivity contribution in [2.75, 3.05) is 0 Å². The highest BCUT2D eigenvalue weighted by Gasteiger charge is 2.03. The van der Waals surface area contributed by atoms with Gasteiger partial charge in [-0.2, -0.15) is 0 Å². The highest BCUT2D eigenvalue weighted by molar-refractivity contribution is 7.09. The zero-order chi connectivity index (χ0) is 11.4. The molecule has 2 rings (SSSR count). The van der Waals surface area contributed by atoms with Crippen LogP contribution < -0.4 is 10.5 Å². The number of benzene rings is 1. The van der Waals surface area contributed by atoms with Crippen molar-refractivity contribution >= 4 is 22.9 Å². The molecular formula is C11H11ClN2OS. The number of rotatable bonds is 4. The molecule has 0 unspecified atom stereocenters. The van der Waals surface area contributed by atoms with E-state index in [4.69, 9.17) is 22.1 Å². The summed E-state index contributed by atoms with van der Waals surface area (Å²) >= 11 is 7.50. The fraction of sp³-hybridized carbons (Fsp3) is 0.182. The lowest BCUT2D eigenvalue weighted by Crippen LogP contribution is -1.99. The van der Waals surface area contributed by atoms with Gasteiger partial charge in [0.2, 0.25) is 0 Å². The van der Waals surface area contributed by atoms with Crippen LogP contribution in [0.1, 0.15) is 10.7 Å². The molecular weight excluding hydrogens is 244 g/mol. The zero-order valence-corrected chi connectivity index (χ0v) is 10.1. The standard InChI is InChI=1S/C11H11ClN2OS/c12-9-3-1-2-4-10(9)15-6-8-7-16-11(5-13)14-8/h1-4,7H,5-6,13H2. The van der Waals surface area contributed by atoms with E-state index in [-0.39, 0.29) is 0 Å². The molecule has 0 amide bonds. The molecule has 1 aromatic heterocycles. The van der Waals surface area contributed by atoms with E-state index >= 15 is 0 Å². The van der Waals surface area contributed by atoms with Crippen molar-refractivity contribution in [3.05, 3.63) is 45.4 Å². The quantitative estimate of drug-likeness (QED) is 0.913. The van der Waals surface area contributed by atoms with Crippen LogP contribution in [-0.4, -0.2) is 4.98 Å². The van der Waals surface area contributed by atoms with Gasteiger partial charge in [0.15, 0.2) is 0 Å². The van der Waals surface area contributed by atoms with Crippen LogP contribution in [0.25, 0.3) is 0 Å². The first kappa shape index (κ1) is 11.4. The molecule has 0 saturated carbocycles. The second kappa shape index (κ2) is 5.30. The van der Waals surface area contributed by atoms with E-state index in [1.807, 2.05) is 23.6 Å². The molecule has 0 aliphatic heterocycles. The Morgan fingerprint density at radius 2 is 2.19 bits per heavy atom. The lowest BCUT2D eigenvalue weighted by Gasteiger charge is -2.05. The maximum absolute atomic E-state index is 5.96. The molecule has 16 heavy (non-hydrogen) atoms. The van der Waals surface area contributed by atoms with E-state index in [2.05, 4.69) is 4.98 Å². The molecule has 3 nitrogen and oxygen atoms in total. The van der Waals surface area contributed by atoms with Gasteiger partial charge >= 0.3 is 0 Å². The molecule has 0 aliphatic rings. The molecule has 1 heterocycles. The average Bonchev–Trinajstić information content (AvgIpc) is 2.76. The number of ether oxygens (including phenoxy) is 1. The molecule has 0 bridgehead atoms. The van der Waals surface area contributed by atoms with Crippen LogP contribution in [0, 0.1) is 0 Å². The lowest BCUT2D eigenvalue weighted by atomic mass is 10.3. The van der Waals surface area contributed by atoms with E-state index in [1.54, 1.807) is 6.07 Å². The molecule has 2 N–H and O–H groups in total. The Hall–Kier alpha value is -1.10. The smallest absolute Gasteiger partial charge is 0.138 e. The van der Waals surface area contributed by atoms with E-state index in [1.165, 1.54) is 11.3 Å². The molecule has 0 aliphatic carbocycles. The van der Waals surface area contributed by atoms with Crippen molar-refractivity contribution in [3.63, 3.8) is 0 Å². The first-order valence-electron chi connectivity index (χ1n) is 4.80. The van der Waals surface area contributed by atoms with Gasteiger partial charge in [0.05, 0.1) is 10.7 Å². The Morgan fingerprint density at radius 3 is 2.88 bits per heavy atom. The summed E-state index contributed by atoms with van der Waals surface area (Å²) in [6.45, 7) is 0.886. The summed E-state index contributed by atoms with van der Waals surface area (Å²) in [6, 6.07) is 7.37. The van der Waals surface area contributed by atoms with Gasteiger partial charge in [-0.1, -0.05) is 23.7 Å². The largest absolute Gasteiger partial charge is 0.486 e. The van der Waals surface area contributed by atoms with Crippen LogP contribution in [0.2, 0.25) is 5.02 Å².